The zero-order valence-corrected chi connectivity index (χ0v) is 10.9. The summed E-state index contributed by atoms with van der Waals surface area (Å²) in [6.45, 7) is 7.99. The van der Waals surface area contributed by atoms with Gasteiger partial charge in [0.2, 0.25) is 10.0 Å². The Labute approximate surface area is 96.3 Å². The van der Waals surface area contributed by atoms with E-state index in [9.17, 15) is 13.2 Å². The van der Waals surface area contributed by atoms with E-state index in [2.05, 4.69) is 4.72 Å². The summed E-state index contributed by atoms with van der Waals surface area (Å²) in [6, 6.07) is -0.112. The van der Waals surface area contributed by atoms with Crippen LogP contribution in [0.1, 0.15) is 34.1 Å². The van der Waals surface area contributed by atoms with Crippen LogP contribution < -0.4 is 4.72 Å². The largest absolute Gasteiger partial charge is 0.481 e. The Morgan fingerprint density at radius 2 is 1.69 bits per heavy atom. The van der Waals surface area contributed by atoms with Gasteiger partial charge in [-0.25, -0.2) is 13.1 Å². The number of carboxylic acids is 1. The number of hydrogen-bond acceptors (Lipinski definition) is 3. The van der Waals surface area contributed by atoms with Crippen molar-refractivity contribution in [2.45, 2.75) is 40.2 Å². The molecule has 0 saturated heterocycles. The van der Waals surface area contributed by atoms with Gasteiger partial charge in [0.05, 0.1) is 12.2 Å². The third-order valence-corrected chi connectivity index (χ3v) is 5.24. The first kappa shape index (κ1) is 13.4. The smallest absolute Gasteiger partial charge is 0.304 e. The molecule has 0 amide bonds. The van der Waals surface area contributed by atoms with Gasteiger partial charge in [0, 0.05) is 6.04 Å². The van der Waals surface area contributed by atoms with E-state index in [4.69, 9.17) is 5.11 Å². The highest BCUT2D eigenvalue weighted by Gasteiger charge is 2.65. The third-order valence-electron chi connectivity index (χ3n) is 3.90. The van der Waals surface area contributed by atoms with E-state index < -0.39 is 16.0 Å². The first-order valence-corrected chi connectivity index (χ1v) is 6.88. The Kier molecular flexibility index (Phi) is 3.11. The summed E-state index contributed by atoms with van der Waals surface area (Å²) >= 11 is 0. The molecule has 0 spiro atoms. The van der Waals surface area contributed by atoms with E-state index in [-0.39, 0.29) is 29.0 Å². The summed E-state index contributed by atoms with van der Waals surface area (Å²) in [7, 11) is -3.49. The standard InChI is InChI=1S/C10H19NO4S/c1-9(2)8(10(9,3)4)11-16(14,15)6-5-7(12)13/h8,11H,5-6H2,1-4H3,(H,12,13). The summed E-state index contributed by atoms with van der Waals surface area (Å²) in [5.41, 5.74) is -0.160. The monoisotopic (exact) mass is 249 g/mol. The van der Waals surface area contributed by atoms with Crippen molar-refractivity contribution in [3.05, 3.63) is 0 Å². The highest BCUT2D eigenvalue weighted by atomic mass is 32.2. The van der Waals surface area contributed by atoms with Crippen molar-refractivity contribution >= 4 is 16.0 Å². The molecule has 2 N–H and O–H groups in total. The molecular weight excluding hydrogens is 230 g/mol. The Morgan fingerprint density at radius 1 is 1.25 bits per heavy atom. The van der Waals surface area contributed by atoms with Gasteiger partial charge in [-0.1, -0.05) is 27.7 Å². The number of rotatable bonds is 5. The van der Waals surface area contributed by atoms with Gasteiger partial charge in [-0.05, 0) is 10.8 Å². The molecule has 0 aromatic heterocycles. The fourth-order valence-electron chi connectivity index (χ4n) is 1.95. The van der Waals surface area contributed by atoms with Crippen LogP contribution >= 0.6 is 0 Å². The van der Waals surface area contributed by atoms with E-state index in [0.717, 1.165) is 0 Å². The Balaban J connectivity index is 2.60. The Bertz CT molecular complexity index is 383. The Morgan fingerprint density at radius 3 is 2.00 bits per heavy atom. The molecule has 0 aromatic rings. The molecule has 5 nitrogen and oxygen atoms in total. The maximum atomic E-state index is 11.6. The SMILES string of the molecule is CC1(C)C(NS(=O)(=O)CCC(=O)O)C1(C)C. The normalized spacial score (nSPS) is 23.0. The molecule has 0 bridgehead atoms. The summed E-state index contributed by atoms with van der Waals surface area (Å²) < 4.78 is 25.7. The minimum absolute atomic E-state index is 0.0801. The summed E-state index contributed by atoms with van der Waals surface area (Å²) in [4.78, 5) is 10.3. The number of carbonyl (C=O) groups is 1. The second-order valence-electron chi connectivity index (χ2n) is 5.46. The predicted molar refractivity (Wildman–Crippen MR) is 60.5 cm³/mol. The fraction of sp³-hybridized carbons (Fsp3) is 0.900. The van der Waals surface area contributed by atoms with Gasteiger partial charge in [-0.2, -0.15) is 0 Å². The molecule has 1 saturated carbocycles. The zero-order chi connectivity index (χ0) is 12.8. The minimum atomic E-state index is -3.49. The van der Waals surface area contributed by atoms with E-state index in [0.29, 0.717) is 0 Å². The topological polar surface area (TPSA) is 83.5 Å². The molecule has 0 aliphatic heterocycles. The van der Waals surface area contributed by atoms with Crippen molar-refractivity contribution in [3.63, 3.8) is 0 Å². The quantitative estimate of drug-likeness (QED) is 0.755. The molecule has 1 fully saturated rings. The summed E-state index contributed by atoms with van der Waals surface area (Å²) in [5, 5.41) is 8.44. The molecule has 0 aromatic carbocycles. The lowest BCUT2D eigenvalue weighted by Crippen LogP contribution is -2.32. The second-order valence-corrected chi connectivity index (χ2v) is 7.33. The van der Waals surface area contributed by atoms with Crippen LogP contribution in [0.15, 0.2) is 0 Å². The van der Waals surface area contributed by atoms with Crippen molar-refractivity contribution in [1.29, 1.82) is 0 Å². The Hall–Kier alpha value is -0.620. The highest BCUT2D eigenvalue weighted by Crippen LogP contribution is 2.62. The van der Waals surface area contributed by atoms with Crippen LogP contribution in [0.5, 0.6) is 0 Å². The van der Waals surface area contributed by atoms with Crippen LogP contribution in [0.25, 0.3) is 0 Å². The molecule has 16 heavy (non-hydrogen) atoms. The molecular formula is C10H19NO4S. The number of sulfonamides is 1. The molecule has 94 valence electrons. The molecule has 1 aliphatic rings. The second kappa shape index (κ2) is 3.70. The average Bonchev–Trinajstić information content (AvgIpc) is 2.45. The van der Waals surface area contributed by atoms with Gasteiger partial charge in [0.25, 0.3) is 0 Å². The van der Waals surface area contributed by atoms with Crippen LogP contribution in [0.2, 0.25) is 0 Å². The number of nitrogens with one attached hydrogen (secondary N) is 1. The van der Waals surface area contributed by atoms with E-state index >= 15 is 0 Å². The lowest BCUT2D eigenvalue weighted by atomic mass is 10.0. The highest BCUT2D eigenvalue weighted by molar-refractivity contribution is 7.89. The molecule has 0 heterocycles. The van der Waals surface area contributed by atoms with Crippen LogP contribution in [0, 0.1) is 10.8 Å². The van der Waals surface area contributed by atoms with Gasteiger partial charge >= 0.3 is 5.97 Å². The van der Waals surface area contributed by atoms with Crippen LogP contribution in [-0.4, -0.2) is 31.3 Å². The van der Waals surface area contributed by atoms with Gasteiger partial charge < -0.3 is 5.11 Å². The lowest BCUT2D eigenvalue weighted by molar-refractivity contribution is -0.136. The fourth-order valence-corrected chi connectivity index (χ4v) is 3.46. The summed E-state index contributed by atoms with van der Waals surface area (Å²) in [5.74, 6) is -1.45. The first-order chi connectivity index (χ1) is 7.01. The predicted octanol–water partition coefficient (Wildman–Crippen LogP) is 0.815. The first-order valence-electron chi connectivity index (χ1n) is 5.22. The average molecular weight is 249 g/mol. The van der Waals surface area contributed by atoms with Crippen molar-refractivity contribution in [2.24, 2.45) is 10.8 Å². The van der Waals surface area contributed by atoms with Crippen molar-refractivity contribution in [3.8, 4) is 0 Å². The lowest BCUT2D eigenvalue weighted by Gasteiger charge is -2.06. The van der Waals surface area contributed by atoms with E-state index in [1.807, 2.05) is 27.7 Å². The third kappa shape index (κ3) is 2.38. The van der Waals surface area contributed by atoms with Crippen LogP contribution in [0.3, 0.4) is 0 Å². The number of carboxylic acid groups (broad SMARTS) is 1. The van der Waals surface area contributed by atoms with Crippen LogP contribution in [-0.2, 0) is 14.8 Å². The molecule has 0 atom stereocenters. The molecule has 1 aliphatic carbocycles. The maximum absolute atomic E-state index is 11.6. The van der Waals surface area contributed by atoms with E-state index in [1.165, 1.54) is 0 Å². The van der Waals surface area contributed by atoms with Gasteiger partial charge in [0.15, 0.2) is 0 Å². The zero-order valence-electron chi connectivity index (χ0n) is 10.1. The molecule has 1 rings (SSSR count). The number of aliphatic carboxylic acids is 1. The molecule has 0 radical (unpaired) electrons. The number of hydrogen-bond donors (Lipinski definition) is 2. The van der Waals surface area contributed by atoms with Crippen LogP contribution in [0.4, 0.5) is 0 Å². The van der Waals surface area contributed by atoms with Crippen molar-refractivity contribution < 1.29 is 18.3 Å². The van der Waals surface area contributed by atoms with Gasteiger partial charge in [-0.15, -0.1) is 0 Å². The summed E-state index contributed by atoms with van der Waals surface area (Å²) in [6.07, 6.45) is -0.358. The van der Waals surface area contributed by atoms with Gasteiger partial charge in [0.1, 0.15) is 0 Å². The van der Waals surface area contributed by atoms with Crippen molar-refractivity contribution in [2.75, 3.05) is 5.75 Å². The minimum Gasteiger partial charge on any atom is -0.481 e. The van der Waals surface area contributed by atoms with Crippen molar-refractivity contribution in [1.82, 2.24) is 4.72 Å². The molecule has 6 heteroatoms. The maximum Gasteiger partial charge on any atom is 0.304 e. The van der Waals surface area contributed by atoms with Gasteiger partial charge in [-0.3, -0.25) is 4.79 Å². The van der Waals surface area contributed by atoms with E-state index in [1.54, 1.807) is 0 Å². The molecule has 0 unspecified atom stereocenters.